The van der Waals surface area contributed by atoms with E-state index in [1.54, 1.807) is 0 Å². The maximum atomic E-state index is 4.05. The molecule has 0 fully saturated rings. The normalized spacial score (nSPS) is 29.2. The van der Waals surface area contributed by atoms with Crippen LogP contribution in [0.25, 0.3) is 0 Å². The quantitative estimate of drug-likeness (QED) is 0.436. The molecule has 0 bridgehead atoms. The van der Waals surface area contributed by atoms with Crippen LogP contribution in [-0.4, -0.2) is 13.3 Å². The third-order valence-electron chi connectivity index (χ3n) is 1.96. The average Bonchev–Trinajstić information content (AvgIpc) is 2.09. The van der Waals surface area contributed by atoms with Gasteiger partial charge in [-0.1, -0.05) is 36.5 Å². The van der Waals surface area contributed by atoms with Crippen molar-refractivity contribution in [1.29, 1.82) is 0 Å². The van der Waals surface area contributed by atoms with E-state index < -0.39 is 0 Å². The van der Waals surface area contributed by atoms with E-state index in [4.69, 9.17) is 0 Å². The SMILES string of the molecule is C/C=C\C1C=CC=CC1/C=N/C. The fraction of sp³-hybridized carbons (Fsp3) is 0.364. The van der Waals surface area contributed by atoms with Crippen LogP contribution in [0.4, 0.5) is 0 Å². The minimum atomic E-state index is 0.441. The minimum absolute atomic E-state index is 0.441. The first-order valence-corrected chi connectivity index (χ1v) is 4.28. The lowest BCUT2D eigenvalue weighted by Crippen LogP contribution is -2.11. The Morgan fingerprint density at radius 3 is 2.42 bits per heavy atom. The lowest BCUT2D eigenvalue weighted by atomic mass is 9.89. The van der Waals surface area contributed by atoms with Gasteiger partial charge in [0.15, 0.2) is 0 Å². The van der Waals surface area contributed by atoms with Gasteiger partial charge in [-0.3, -0.25) is 0 Å². The van der Waals surface area contributed by atoms with Crippen molar-refractivity contribution in [3.8, 4) is 0 Å². The van der Waals surface area contributed by atoms with E-state index in [2.05, 4.69) is 41.4 Å². The summed E-state index contributed by atoms with van der Waals surface area (Å²) >= 11 is 0. The predicted molar refractivity (Wildman–Crippen MR) is 54.5 cm³/mol. The third-order valence-corrected chi connectivity index (χ3v) is 1.96. The summed E-state index contributed by atoms with van der Waals surface area (Å²) in [6, 6.07) is 0. The summed E-state index contributed by atoms with van der Waals surface area (Å²) in [5.41, 5.74) is 0. The summed E-state index contributed by atoms with van der Waals surface area (Å²) in [7, 11) is 1.82. The van der Waals surface area contributed by atoms with Gasteiger partial charge >= 0.3 is 0 Å². The van der Waals surface area contributed by atoms with E-state index in [-0.39, 0.29) is 0 Å². The Kier molecular flexibility index (Phi) is 3.52. The molecule has 2 atom stereocenters. The van der Waals surface area contributed by atoms with Crippen LogP contribution in [0, 0.1) is 11.8 Å². The monoisotopic (exact) mass is 161 g/mol. The molecule has 64 valence electrons. The average molecular weight is 161 g/mol. The van der Waals surface area contributed by atoms with Gasteiger partial charge in [0.1, 0.15) is 0 Å². The Balaban J connectivity index is 2.70. The molecule has 0 aromatic heterocycles. The van der Waals surface area contributed by atoms with E-state index >= 15 is 0 Å². The van der Waals surface area contributed by atoms with Gasteiger partial charge < -0.3 is 4.99 Å². The molecule has 1 nitrogen and oxygen atoms in total. The second-order valence-electron chi connectivity index (χ2n) is 2.86. The molecule has 1 rings (SSSR count). The largest absolute Gasteiger partial charge is 0.300 e. The van der Waals surface area contributed by atoms with E-state index in [0.29, 0.717) is 11.8 Å². The van der Waals surface area contributed by atoms with Gasteiger partial charge in [0.2, 0.25) is 0 Å². The van der Waals surface area contributed by atoms with Crippen molar-refractivity contribution in [3.63, 3.8) is 0 Å². The summed E-state index contributed by atoms with van der Waals surface area (Å²) in [4.78, 5) is 4.05. The molecule has 0 N–H and O–H groups in total. The zero-order chi connectivity index (χ0) is 8.81. The number of aliphatic imine (C=N–C) groups is 1. The van der Waals surface area contributed by atoms with Crippen molar-refractivity contribution < 1.29 is 0 Å². The van der Waals surface area contributed by atoms with Gasteiger partial charge in [-0.15, -0.1) is 0 Å². The summed E-state index contributed by atoms with van der Waals surface area (Å²) < 4.78 is 0. The summed E-state index contributed by atoms with van der Waals surface area (Å²) in [6.07, 6.45) is 14.8. The van der Waals surface area contributed by atoms with E-state index in [1.807, 2.05) is 20.2 Å². The molecule has 12 heavy (non-hydrogen) atoms. The van der Waals surface area contributed by atoms with Crippen molar-refractivity contribution in [1.82, 2.24) is 0 Å². The molecule has 0 radical (unpaired) electrons. The molecule has 0 aromatic rings. The maximum absolute atomic E-state index is 4.05. The second kappa shape index (κ2) is 4.70. The first-order valence-electron chi connectivity index (χ1n) is 4.28. The first-order chi connectivity index (χ1) is 5.88. The highest BCUT2D eigenvalue weighted by molar-refractivity contribution is 5.65. The maximum Gasteiger partial charge on any atom is 0.0273 e. The molecular weight excluding hydrogens is 146 g/mol. The second-order valence-corrected chi connectivity index (χ2v) is 2.86. The van der Waals surface area contributed by atoms with Crippen molar-refractivity contribution in [2.45, 2.75) is 6.92 Å². The molecule has 2 unspecified atom stereocenters. The van der Waals surface area contributed by atoms with Crippen molar-refractivity contribution in [3.05, 3.63) is 36.5 Å². The van der Waals surface area contributed by atoms with Crippen LogP contribution in [0.2, 0.25) is 0 Å². The molecule has 0 aromatic carbocycles. The van der Waals surface area contributed by atoms with Gasteiger partial charge in [0.25, 0.3) is 0 Å². The topological polar surface area (TPSA) is 12.4 Å². The zero-order valence-corrected chi connectivity index (χ0v) is 7.64. The highest BCUT2D eigenvalue weighted by Gasteiger charge is 2.12. The molecule has 0 aliphatic heterocycles. The lowest BCUT2D eigenvalue weighted by Gasteiger charge is -2.16. The minimum Gasteiger partial charge on any atom is -0.300 e. The van der Waals surface area contributed by atoms with Crippen molar-refractivity contribution in [2.24, 2.45) is 16.8 Å². The molecule has 0 saturated heterocycles. The van der Waals surface area contributed by atoms with Gasteiger partial charge in [-0.2, -0.15) is 0 Å². The highest BCUT2D eigenvalue weighted by Crippen LogP contribution is 2.19. The van der Waals surface area contributed by atoms with Gasteiger partial charge in [-0.25, -0.2) is 0 Å². The fourth-order valence-electron chi connectivity index (χ4n) is 1.38. The van der Waals surface area contributed by atoms with Crippen LogP contribution in [0.15, 0.2) is 41.4 Å². The Morgan fingerprint density at radius 1 is 1.17 bits per heavy atom. The van der Waals surface area contributed by atoms with Crippen molar-refractivity contribution >= 4 is 6.21 Å². The van der Waals surface area contributed by atoms with Crippen LogP contribution in [0.5, 0.6) is 0 Å². The number of rotatable bonds is 2. The van der Waals surface area contributed by atoms with E-state index in [1.165, 1.54) is 0 Å². The number of hydrogen-bond acceptors (Lipinski definition) is 1. The Labute approximate surface area is 74.2 Å². The lowest BCUT2D eigenvalue weighted by molar-refractivity contribution is 0.713. The van der Waals surface area contributed by atoms with Gasteiger partial charge in [0, 0.05) is 25.1 Å². The summed E-state index contributed by atoms with van der Waals surface area (Å²) in [6.45, 7) is 2.05. The first kappa shape index (κ1) is 8.98. The van der Waals surface area contributed by atoms with Gasteiger partial charge in [-0.05, 0) is 6.92 Å². The van der Waals surface area contributed by atoms with Crippen molar-refractivity contribution in [2.75, 3.05) is 7.05 Å². The smallest absolute Gasteiger partial charge is 0.0273 e. The summed E-state index contributed by atoms with van der Waals surface area (Å²) in [5.74, 6) is 0.930. The molecule has 0 spiro atoms. The zero-order valence-electron chi connectivity index (χ0n) is 7.64. The molecule has 0 saturated carbocycles. The van der Waals surface area contributed by atoms with Crippen LogP contribution in [0.1, 0.15) is 6.92 Å². The number of nitrogens with zero attached hydrogens (tertiary/aromatic N) is 1. The standard InChI is InChI=1S/C11H15N/c1-3-6-10-7-4-5-8-11(10)9-12-2/h3-11H,1-2H3/b6-3-,12-9+. The van der Waals surface area contributed by atoms with Crippen LogP contribution in [0.3, 0.4) is 0 Å². The molecule has 1 heteroatoms. The molecule has 0 amide bonds. The Hall–Kier alpha value is -1.11. The van der Waals surface area contributed by atoms with Crippen LogP contribution >= 0.6 is 0 Å². The van der Waals surface area contributed by atoms with Crippen LogP contribution in [-0.2, 0) is 0 Å². The number of allylic oxidation sites excluding steroid dienone is 6. The predicted octanol–water partition coefficient (Wildman–Crippen LogP) is 2.62. The van der Waals surface area contributed by atoms with Gasteiger partial charge in [0.05, 0.1) is 0 Å². The molecule has 0 heterocycles. The molecular formula is C11H15N. The summed E-state index contributed by atoms with van der Waals surface area (Å²) in [5, 5.41) is 0. The Bertz CT molecular complexity index is 207. The van der Waals surface area contributed by atoms with E-state index in [0.717, 1.165) is 0 Å². The Morgan fingerprint density at radius 2 is 1.83 bits per heavy atom. The third kappa shape index (κ3) is 2.19. The fourth-order valence-corrected chi connectivity index (χ4v) is 1.38. The molecule has 1 aliphatic rings. The van der Waals surface area contributed by atoms with E-state index in [9.17, 15) is 0 Å². The number of hydrogen-bond donors (Lipinski definition) is 0. The highest BCUT2D eigenvalue weighted by atomic mass is 14.6. The molecule has 1 aliphatic carbocycles. The van der Waals surface area contributed by atoms with Crippen LogP contribution < -0.4 is 0 Å².